The number of ether oxygens (including phenoxy) is 1. The molecule has 0 heterocycles. The van der Waals surface area contributed by atoms with Gasteiger partial charge in [-0.15, -0.1) is 0 Å². The van der Waals surface area contributed by atoms with E-state index >= 15 is 0 Å². The predicted octanol–water partition coefficient (Wildman–Crippen LogP) is 3.26. The Morgan fingerprint density at radius 3 is 2.57 bits per heavy atom. The Kier molecular flexibility index (Phi) is 6.76. The van der Waals surface area contributed by atoms with E-state index in [2.05, 4.69) is 21.7 Å². The van der Waals surface area contributed by atoms with Crippen molar-refractivity contribution in [3.8, 4) is 5.75 Å². The quantitative estimate of drug-likeness (QED) is 0.631. The Balaban J connectivity index is 1.78. The maximum Gasteiger partial charge on any atom is 0.191 e. The molecule has 0 aliphatic heterocycles. The Morgan fingerprint density at radius 2 is 1.87 bits per heavy atom. The second kappa shape index (κ2) is 9.06. The minimum absolute atomic E-state index is 0.692. The molecule has 0 aromatic heterocycles. The van der Waals surface area contributed by atoms with Gasteiger partial charge < -0.3 is 15.4 Å². The number of nitrogens with zero attached hydrogens (tertiary/aromatic N) is 1. The molecule has 23 heavy (non-hydrogen) atoms. The van der Waals surface area contributed by atoms with Gasteiger partial charge in [0, 0.05) is 25.2 Å². The third-order valence-corrected chi connectivity index (χ3v) is 3.69. The van der Waals surface area contributed by atoms with E-state index in [1.54, 1.807) is 14.2 Å². The van der Waals surface area contributed by atoms with Gasteiger partial charge in [-0.3, -0.25) is 4.99 Å². The van der Waals surface area contributed by atoms with E-state index in [1.807, 2.05) is 42.5 Å². The highest BCUT2D eigenvalue weighted by Crippen LogP contribution is 2.12. The molecule has 2 rings (SSSR count). The van der Waals surface area contributed by atoms with Crippen LogP contribution < -0.4 is 15.4 Å². The second-order valence-corrected chi connectivity index (χ2v) is 5.52. The SMILES string of the molecule is CN=C(NCCc1ccc(Cl)cc1)NCc1cccc(OC)c1. The molecule has 0 unspecified atom stereocenters. The van der Waals surface area contributed by atoms with Gasteiger partial charge in [-0.2, -0.15) is 0 Å². The Hall–Kier alpha value is -2.20. The molecule has 0 aliphatic rings. The van der Waals surface area contributed by atoms with Crippen molar-refractivity contribution in [2.45, 2.75) is 13.0 Å². The van der Waals surface area contributed by atoms with Crippen LogP contribution in [0.5, 0.6) is 5.75 Å². The summed E-state index contributed by atoms with van der Waals surface area (Å²) in [5.41, 5.74) is 2.38. The molecule has 2 aromatic carbocycles. The van der Waals surface area contributed by atoms with Gasteiger partial charge in [0.2, 0.25) is 0 Å². The maximum absolute atomic E-state index is 5.89. The van der Waals surface area contributed by atoms with Gasteiger partial charge in [0.05, 0.1) is 7.11 Å². The van der Waals surface area contributed by atoms with Crippen LogP contribution in [0.25, 0.3) is 0 Å². The van der Waals surface area contributed by atoms with Crippen LogP contribution in [-0.2, 0) is 13.0 Å². The normalized spacial score (nSPS) is 11.2. The fourth-order valence-corrected chi connectivity index (χ4v) is 2.29. The van der Waals surface area contributed by atoms with Crippen LogP contribution in [0.4, 0.5) is 0 Å². The monoisotopic (exact) mass is 331 g/mol. The Morgan fingerprint density at radius 1 is 1.09 bits per heavy atom. The summed E-state index contributed by atoms with van der Waals surface area (Å²) >= 11 is 5.89. The van der Waals surface area contributed by atoms with Crippen molar-refractivity contribution in [3.63, 3.8) is 0 Å². The molecule has 2 N–H and O–H groups in total. The lowest BCUT2D eigenvalue weighted by atomic mass is 10.1. The second-order valence-electron chi connectivity index (χ2n) is 5.08. The lowest BCUT2D eigenvalue weighted by molar-refractivity contribution is 0.414. The van der Waals surface area contributed by atoms with Crippen molar-refractivity contribution in [1.82, 2.24) is 10.6 Å². The average Bonchev–Trinajstić information content (AvgIpc) is 2.59. The van der Waals surface area contributed by atoms with Crippen LogP contribution in [-0.4, -0.2) is 26.7 Å². The highest BCUT2D eigenvalue weighted by atomic mass is 35.5. The molecule has 0 bridgehead atoms. The first-order valence-corrected chi connectivity index (χ1v) is 7.91. The van der Waals surface area contributed by atoms with Crippen molar-refractivity contribution >= 4 is 17.6 Å². The summed E-state index contributed by atoms with van der Waals surface area (Å²) in [5.74, 6) is 1.64. The van der Waals surface area contributed by atoms with Crippen molar-refractivity contribution in [3.05, 3.63) is 64.7 Å². The van der Waals surface area contributed by atoms with E-state index in [-0.39, 0.29) is 0 Å². The van der Waals surface area contributed by atoms with Gasteiger partial charge in [0.25, 0.3) is 0 Å². The van der Waals surface area contributed by atoms with Crippen LogP contribution in [0.1, 0.15) is 11.1 Å². The highest BCUT2D eigenvalue weighted by Gasteiger charge is 2.00. The standard InChI is InChI=1S/C18H22ClN3O/c1-20-18(21-11-10-14-6-8-16(19)9-7-14)22-13-15-4-3-5-17(12-15)23-2/h3-9,12H,10-11,13H2,1-2H3,(H2,20,21,22). The lowest BCUT2D eigenvalue weighted by Gasteiger charge is -2.12. The third-order valence-electron chi connectivity index (χ3n) is 3.44. The fraction of sp³-hybridized carbons (Fsp3) is 0.278. The van der Waals surface area contributed by atoms with Crippen molar-refractivity contribution < 1.29 is 4.74 Å². The highest BCUT2D eigenvalue weighted by molar-refractivity contribution is 6.30. The van der Waals surface area contributed by atoms with E-state index in [0.29, 0.717) is 6.54 Å². The molecule has 0 spiro atoms. The fourth-order valence-electron chi connectivity index (χ4n) is 2.17. The Labute approximate surface area is 142 Å². The largest absolute Gasteiger partial charge is 0.497 e. The van der Waals surface area contributed by atoms with E-state index in [9.17, 15) is 0 Å². The van der Waals surface area contributed by atoms with Gasteiger partial charge >= 0.3 is 0 Å². The summed E-state index contributed by atoms with van der Waals surface area (Å²) in [4.78, 5) is 4.23. The van der Waals surface area contributed by atoms with Gasteiger partial charge in [-0.05, 0) is 41.8 Å². The number of hydrogen-bond acceptors (Lipinski definition) is 2. The minimum Gasteiger partial charge on any atom is -0.497 e. The van der Waals surface area contributed by atoms with Crippen molar-refractivity contribution in [2.75, 3.05) is 20.7 Å². The summed E-state index contributed by atoms with van der Waals surface area (Å²) in [6.45, 7) is 1.50. The maximum atomic E-state index is 5.89. The van der Waals surface area contributed by atoms with Gasteiger partial charge in [0.1, 0.15) is 5.75 Å². The van der Waals surface area contributed by atoms with Crippen molar-refractivity contribution in [1.29, 1.82) is 0 Å². The molecule has 0 fully saturated rings. The van der Waals surface area contributed by atoms with E-state index < -0.39 is 0 Å². The van der Waals surface area contributed by atoms with Crippen LogP contribution in [0, 0.1) is 0 Å². The molecule has 0 saturated carbocycles. The van der Waals surface area contributed by atoms with Crippen molar-refractivity contribution in [2.24, 2.45) is 4.99 Å². The van der Waals surface area contributed by atoms with E-state index in [4.69, 9.17) is 16.3 Å². The number of nitrogens with one attached hydrogen (secondary N) is 2. The molecule has 0 saturated heterocycles. The molecular formula is C18H22ClN3O. The number of guanidine groups is 1. The zero-order valence-corrected chi connectivity index (χ0v) is 14.2. The number of aliphatic imine (C=N–C) groups is 1. The average molecular weight is 332 g/mol. The Bertz CT molecular complexity index is 641. The molecule has 5 heteroatoms. The first kappa shape index (κ1) is 17.2. The first-order valence-electron chi connectivity index (χ1n) is 7.53. The zero-order chi connectivity index (χ0) is 16.5. The summed E-state index contributed by atoms with van der Waals surface area (Å²) in [6, 6.07) is 15.9. The van der Waals surface area contributed by atoms with Gasteiger partial charge in [-0.1, -0.05) is 35.9 Å². The molecule has 0 atom stereocenters. The molecule has 4 nitrogen and oxygen atoms in total. The van der Waals surface area contributed by atoms with Crippen LogP contribution in [0.3, 0.4) is 0 Å². The van der Waals surface area contributed by atoms with Crippen LogP contribution >= 0.6 is 11.6 Å². The summed E-state index contributed by atoms with van der Waals surface area (Å²) < 4.78 is 5.23. The molecular weight excluding hydrogens is 310 g/mol. The number of methoxy groups -OCH3 is 1. The van der Waals surface area contributed by atoms with E-state index in [0.717, 1.165) is 35.3 Å². The predicted molar refractivity (Wildman–Crippen MR) is 96.4 cm³/mol. The first-order chi connectivity index (χ1) is 11.2. The van der Waals surface area contributed by atoms with E-state index in [1.165, 1.54) is 5.56 Å². The number of rotatable bonds is 6. The van der Waals surface area contributed by atoms with Crippen LogP contribution in [0.15, 0.2) is 53.5 Å². The smallest absolute Gasteiger partial charge is 0.191 e. The summed E-state index contributed by atoms with van der Waals surface area (Å²) in [7, 11) is 3.44. The van der Waals surface area contributed by atoms with Gasteiger partial charge in [-0.25, -0.2) is 0 Å². The molecule has 0 aliphatic carbocycles. The number of halogens is 1. The minimum atomic E-state index is 0.692. The molecule has 122 valence electrons. The lowest BCUT2D eigenvalue weighted by Crippen LogP contribution is -2.37. The number of hydrogen-bond donors (Lipinski definition) is 2. The van der Waals surface area contributed by atoms with Gasteiger partial charge in [0.15, 0.2) is 5.96 Å². The third kappa shape index (κ3) is 5.83. The summed E-state index contributed by atoms with van der Waals surface area (Å²) in [5, 5.41) is 7.36. The molecule has 2 aromatic rings. The molecule has 0 radical (unpaired) electrons. The molecule has 0 amide bonds. The summed E-state index contributed by atoms with van der Waals surface area (Å²) in [6.07, 6.45) is 0.914. The topological polar surface area (TPSA) is 45.7 Å². The van der Waals surface area contributed by atoms with Crippen LogP contribution in [0.2, 0.25) is 5.02 Å². The zero-order valence-electron chi connectivity index (χ0n) is 13.5. The number of benzene rings is 2.